The van der Waals surface area contributed by atoms with E-state index in [1.54, 1.807) is 46.1 Å². The highest BCUT2D eigenvalue weighted by Crippen LogP contribution is 2.33. The molecule has 0 saturated carbocycles. The van der Waals surface area contributed by atoms with E-state index < -0.39 is 17.8 Å². The maximum absolute atomic E-state index is 13.3. The van der Waals surface area contributed by atoms with Gasteiger partial charge in [-0.15, -0.1) is 0 Å². The third-order valence-electron chi connectivity index (χ3n) is 5.39. The number of aryl methyl sites for hydroxylation is 1. The van der Waals surface area contributed by atoms with Crippen molar-refractivity contribution in [2.45, 2.75) is 31.7 Å². The third-order valence-corrected chi connectivity index (χ3v) is 5.39. The second-order valence-electron chi connectivity index (χ2n) is 7.60. The van der Waals surface area contributed by atoms with Gasteiger partial charge in [-0.2, -0.15) is 18.3 Å². The zero-order valence-corrected chi connectivity index (χ0v) is 17.3. The van der Waals surface area contributed by atoms with Gasteiger partial charge in [-0.1, -0.05) is 24.3 Å². The molecule has 1 aromatic carbocycles. The molecule has 0 spiro atoms. The van der Waals surface area contributed by atoms with Crippen molar-refractivity contribution in [2.75, 3.05) is 19.7 Å². The Morgan fingerprint density at radius 2 is 1.97 bits per heavy atom. The summed E-state index contributed by atoms with van der Waals surface area (Å²) in [6.45, 7) is 1.72. The van der Waals surface area contributed by atoms with Gasteiger partial charge in [0.15, 0.2) is 0 Å². The molecule has 1 aliphatic rings. The van der Waals surface area contributed by atoms with Gasteiger partial charge in [-0.3, -0.25) is 14.5 Å². The predicted molar refractivity (Wildman–Crippen MR) is 111 cm³/mol. The summed E-state index contributed by atoms with van der Waals surface area (Å²) < 4.78 is 47.5. The average molecular weight is 444 g/mol. The highest BCUT2D eigenvalue weighted by Gasteiger charge is 2.33. The number of hydrogen-bond acceptors (Lipinski definition) is 4. The number of halogens is 3. The molecule has 1 aliphatic heterocycles. The minimum atomic E-state index is -4.42. The number of carbonyl (C=O) groups is 1. The van der Waals surface area contributed by atoms with Crippen LogP contribution in [0.15, 0.2) is 60.9 Å². The van der Waals surface area contributed by atoms with Gasteiger partial charge < -0.3 is 9.64 Å². The van der Waals surface area contributed by atoms with E-state index in [1.165, 1.54) is 12.1 Å². The van der Waals surface area contributed by atoms with Crippen LogP contribution >= 0.6 is 0 Å². The number of alkyl halides is 3. The molecule has 4 rings (SSSR count). The van der Waals surface area contributed by atoms with E-state index in [0.717, 1.165) is 6.07 Å². The molecule has 1 atom stereocenters. The van der Waals surface area contributed by atoms with Crippen molar-refractivity contribution in [2.24, 2.45) is 0 Å². The summed E-state index contributed by atoms with van der Waals surface area (Å²) in [6, 6.07) is 12.6. The minimum Gasteiger partial charge on any atom is -0.368 e. The lowest BCUT2D eigenvalue weighted by atomic mass is 10.0. The Balaban J connectivity index is 1.43. The van der Waals surface area contributed by atoms with Crippen molar-refractivity contribution in [1.82, 2.24) is 19.7 Å². The van der Waals surface area contributed by atoms with Crippen LogP contribution in [-0.2, 0) is 28.7 Å². The molecule has 32 heavy (non-hydrogen) atoms. The van der Waals surface area contributed by atoms with E-state index in [-0.39, 0.29) is 17.9 Å². The Hall–Kier alpha value is -3.20. The number of ether oxygens (including phenoxy) is 1. The van der Waals surface area contributed by atoms with Crippen LogP contribution in [0.3, 0.4) is 0 Å². The largest absolute Gasteiger partial charge is 0.416 e. The Morgan fingerprint density at radius 1 is 1.12 bits per heavy atom. The first kappa shape index (κ1) is 22.0. The second kappa shape index (κ2) is 9.52. The zero-order valence-electron chi connectivity index (χ0n) is 17.3. The van der Waals surface area contributed by atoms with E-state index >= 15 is 0 Å². The Morgan fingerprint density at radius 3 is 2.75 bits per heavy atom. The molecule has 3 aromatic rings. The molecule has 168 valence electrons. The molecular formula is C23H23F3N4O2. The van der Waals surface area contributed by atoms with Crippen molar-refractivity contribution >= 4 is 5.91 Å². The highest BCUT2D eigenvalue weighted by atomic mass is 19.4. The fourth-order valence-corrected chi connectivity index (χ4v) is 3.78. The Kier molecular flexibility index (Phi) is 6.55. The number of aromatic nitrogens is 3. The number of nitrogens with zero attached hydrogens (tertiary/aromatic N) is 4. The molecule has 0 radical (unpaired) electrons. The monoisotopic (exact) mass is 444 g/mol. The lowest BCUT2D eigenvalue weighted by Gasteiger charge is -2.33. The summed E-state index contributed by atoms with van der Waals surface area (Å²) in [4.78, 5) is 18.9. The smallest absolute Gasteiger partial charge is 0.368 e. The van der Waals surface area contributed by atoms with Gasteiger partial charge >= 0.3 is 6.18 Å². The summed E-state index contributed by atoms with van der Waals surface area (Å²) in [6.07, 6.45) is -0.977. The van der Waals surface area contributed by atoms with Crippen LogP contribution in [0.4, 0.5) is 13.2 Å². The van der Waals surface area contributed by atoms with Gasteiger partial charge in [-0.25, -0.2) is 0 Å². The van der Waals surface area contributed by atoms with Crippen LogP contribution in [-0.4, -0.2) is 45.3 Å². The minimum absolute atomic E-state index is 0.00376. The first-order chi connectivity index (χ1) is 15.4. The fraction of sp³-hybridized carbons (Fsp3) is 0.348. The van der Waals surface area contributed by atoms with Gasteiger partial charge in [0.2, 0.25) is 5.91 Å². The summed E-state index contributed by atoms with van der Waals surface area (Å²) in [5.41, 5.74) is 0.640. The van der Waals surface area contributed by atoms with Crippen LogP contribution < -0.4 is 0 Å². The van der Waals surface area contributed by atoms with E-state index in [2.05, 4.69) is 10.1 Å². The van der Waals surface area contributed by atoms with Gasteiger partial charge in [-0.05, 0) is 29.8 Å². The zero-order chi connectivity index (χ0) is 22.6. The van der Waals surface area contributed by atoms with Gasteiger partial charge in [0, 0.05) is 44.0 Å². The molecule has 6 nitrogen and oxygen atoms in total. The molecule has 1 fully saturated rings. The highest BCUT2D eigenvalue weighted by molar-refractivity contribution is 5.76. The number of benzene rings is 1. The molecule has 0 aliphatic carbocycles. The van der Waals surface area contributed by atoms with Crippen molar-refractivity contribution in [3.8, 4) is 0 Å². The fourth-order valence-electron chi connectivity index (χ4n) is 3.78. The second-order valence-corrected chi connectivity index (χ2v) is 7.60. The molecule has 1 amide bonds. The molecule has 1 unspecified atom stereocenters. The SMILES string of the molecule is O=C(CCn1cccn1)N1CCOC(c2cccc(Cc3ccccc3C(F)(F)F)n2)C1. The maximum Gasteiger partial charge on any atom is 0.416 e. The quantitative estimate of drug-likeness (QED) is 0.579. The third kappa shape index (κ3) is 5.34. The number of hydrogen-bond donors (Lipinski definition) is 0. The number of carbonyl (C=O) groups excluding carboxylic acids is 1. The van der Waals surface area contributed by atoms with Crippen LogP contribution in [0.5, 0.6) is 0 Å². The van der Waals surface area contributed by atoms with E-state index in [1.807, 2.05) is 6.20 Å². The van der Waals surface area contributed by atoms with Crippen molar-refractivity contribution in [3.05, 3.63) is 83.4 Å². The van der Waals surface area contributed by atoms with E-state index in [4.69, 9.17) is 4.74 Å². The molecule has 9 heteroatoms. The standard InChI is InChI=1S/C23H23F3N4O2/c24-23(25,26)19-7-2-1-5-17(19)15-18-6-3-8-20(28-18)21-16-29(13-14-32-21)22(31)9-12-30-11-4-10-27-30/h1-8,10-11,21H,9,12-16H2. The first-order valence-corrected chi connectivity index (χ1v) is 10.4. The van der Waals surface area contributed by atoms with Gasteiger partial charge in [0.05, 0.1) is 24.4 Å². The lowest BCUT2D eigenvalue weighted by molar-refractivity contribution is -0.139. The number of amides is 1. The number of pyridine rings is 1. The number of rotatable bonds is 6. The van der Waals surface area contributed by atoms with E-state index in [0.29, 0.717) is 44.0 Å². The van der Waals surface area contributed by atoms with E-state index in [9.17, 15) is 18.0 Å². The normalized spacial score (nSPS) is 16.8. The maximum atomic E-state index is 13.3. The summed E-state index contributed by atoms with van der Waals surface area (Å²) in [5, 5.41) is 4.10. The molecular weight excluding hydrogens is 421 g/mol. The van der Waals surface area contributed by atoms with Crippen molar-refractivity contribution < 1.29 is 22.7 Å². The molecule has 2 aromatic heterocycles. The average Bonchev–Trinajstić information content (AvgIpc) is 3.31. The molecule has 1 saturated heterocycles. The Labute approximate surface area is 183 Å². The van der Waals surface area contributed by atoms with Crippen LogP contribution in [0.1, 0.15) is 35.0 Å². The van der Waals surface area contributed by atoms with Gasteiger partial charge in [0.1, 0.15) is 6.10 Å². The van der Waals surface area contributed by atoms with Crippen LogP contribution in [0.25, 0.3) is 0 Å². The van der Waals surface area contributed by atoms with Crippen molar-refractivity contribution in [3.63, 3.8) is 0 Å². The van der Waals surface area contributed by atoms with Crippen LogP contribution in [0.2, 0.25) is 0 Å². The lowest BCUT2D eigenvalue weighted by Crippen LogP contribution is -2.42. The first-order valence-electron chi connectivity index (χ1n) is 10.4. The Bertz CT molecular complexity index is 1050. The predicted octanol–water partition coefficient (Wildman–Crippen LogP) is 3.88. The summed E-state index contributed by atoms with van der Waals surface area (Å²) in [5.74, 6) is 0.00376. The topological polar surface area (TPSA) is 60.2 Å². The number of morpholine rings is 1. The molecule has 3 heterocycles. The summed E-state index contributed by atoms with van der Waals surface area (Å²) in [7, 11) is 0. The molecule has 0 N–H and O–H groups in total. The van der Waals surface area contributed by atoms with Crippen LogP contribution in [0, 0.1) is 0 Å². The molecule has 0 bridgehead atoms. The summed E-state index contributed by atoms with van der Waals surface area (Å²) >= 11 is 0. The van der Waals surface area contributed by atoms with Crippen molar-refractivity contribution in [1.29, 1.82) is 0 Å². The van der Waals surface area contributed by atoms with Gasteiger partial charge in [0.25, 0.3) is 0 Å².